The minimum absolute atomic E-state index is 0.00465. The van der Waals surface area contributed by atoms with Gasteiger partial charge in [0.2, 0.25) is 0 Å². The average molecular weight is 288 g/mol. The summed E-state index contributed by atoms with van der Waals surface area (Å²) in [4.78, 5) is 11.5. The van der Waals surface area contributed by atoms with E-state index in [-0.39, 0.29) is 22.5 Å². The number of carbonyl (C=O) groups excluding carboxylic acids is 1. The summed E-state index contributed by atoms with van der Waals surface area (Å²) in [5, 5.41) is 13.5. The van der Waals surface area contributed by atoms with Crippen LogP contribution in [0.25, 0.3) is 5.52 Å². The zero-order valence-corrected chi connectivity index (χ0v) is 10.4. The van der Waals surface area contributed by atoms with Crippen molar-refractivity contribution in [1.82, 2.24) is 9.61 Å². The summed E-state index contributed by atoms with van der Waals surface area (Å²) in [7, 11) is 1.19. The van der Waals surface area contributed by atoms with Crippen LogP contribution in [-0.2, 0) is 11.2 Å². The second-order valence-corrected chi connectivity index (χ2v) is 4.13. The van der Waals surface area contributed by atoms with E-state index in [1.807, 2.05) is 0 Å². The quantitative estimate of drug-likeness (QED) is 0.880. The molecular formula is C12H11F3N2O3. The number of alkyl halides is 3. The molecule has 0 bridgehead atoms. The molecule has 0 aliphatic rings. The topological polar surface area (TPSA) is 63.8 Å². The molecule has 0 unspecified atom stereocenters. The van der Waals surface area contributed by atoms with Crippen LogP contribution < -0.4 is 0 Å². The molecule has 0 aliphatic heterocycles. The van der Waals surface area contributed by atoms with Gasteiger partial charge in [-0.05, 0) is 12.1 Å². The predicted octanol–water partition coefficient (Wildman–Crippen LogP) is 2.32. The number of hydrogen-bond donors (Lipinski definition) is 1. The molecule has 0 amide bonds. The Morgan fingerprint density at radius 1 is 1.45 bits per heavy atom. The van der Waals surface area contributed by atoms with Crippen LogP contribution in [-0.4, -0.2) is 34.0 Å². The maximum Gasteiger partial charge on any atom is 0.389 e. The summed E-state index contributed by atoms with van der Waals surface area (Å²) in [6.45, 7) is 0. The number of fused-ring (bicyclic) bond motifs is 1. The Hall–Kier alpha value is -2.25. The van der Waals surface area contributed by atoms with Gasteiger partial charge in [0, 0.05) is 12.8 Å². The zero-order valence-electron chi connectivity index (χ0n) is 10.4. The molecule has 0 spiro atoms. The first-order valence-electron chi connectivity index (χ1n) is 5.67. The lowest BCUT2D eigenvalue weighted by Crippen LogP contribution is -2.11. The molecule has 1 N–H and O–H groups in total. The van der Waals surface area contributed by atoms with Crippen LogP contribution in [0, 0.1) is 0 Å². The maximum absolute atomic E-state index is 12.3. The van der Waals surface area contributed by atoms with Crippen molar-refractivity contribution in [3.63, 3.8) is 0 Å². The molecule has 2 rings (SSSR count). The highest BCUT2D eigenvalue weighted by molar-refractivity contribution is 5.96. The van der Waals surface area contributed by atoms with Crippen molar-refractivity contribution in [2.24, 2.45) is 0 Å². The molecule has 108 valence electrons. The van der Waals surface area contributed by atoms with Crippen LogP contribution >= 0.6 is 0 Å². The first-order chi connectivity index (χ1) is 9.33. The number of aromatic hydroxyl groups is 1. The second kappa shape index (κ2) is 5.03. The highest BCUT2D eigenvalue weighted by Crippen LogP contribution is 2.27. The SMILES string of the molecule is COC(=O)c1cnn2c(CCC(F)(F)F)c(O)ccc12. The third-order valence-corrected chi connectivity index (χ3v) is 2.81. The number of esters is 1. The molecular weight excluding hydrogens is 277 g/mol. The monoisotopic (exact) mass is 288 g/mol. The highest BCUT2D eigenvalue weighted by Gasteiger charge is 2.28. The van der Waals surface area contributed by atoms with Crippen LogP contribution in [0.3, 0.4) is 0 Å². The Morgan fingerprint density at radius 3 is 2.75 bits per heavy atom. The van der Waals surface area contributed by atoms with E-state index in [0.29, 0.717) is 0 Å². The molecule has 0 aromatic carbocycles. The molecule has 0 atom stereocenters. The van der Waals surface area contributed by atoms with Gasteiger partial charge in [-0.1, -0.05) is 0 Å². The number of aryl methyl sites for hydroxylation is 1. The lowest BCUT2D eigenvalue weighted by molar-refractivity contribution is -0.134. The molecule has 0 fully saturated rings. The van der Waals surface area contributed by atoms with Gasteiger partial charge in [0.05, 0.1) is 24.5 Å². The van der Waals surface area contributed by atoms with E-state index in [0.717, 1.165) is 4.52 Å². The fourth-order valence-electron chi connectivity index (χ4n) is 1.86. The summed E-state index contributed by atoms with van der Waals surface area (Å²) >= 11 is 0. The van der Waals surface area contributed by atoms with Gasteiger partial charge in [-0.2, -0.15) is 18.3 Å². The van der Waals surface area contributed by atoms with E-state index in [4.69, 9.17) is 0 Å². The van der Waals surface area contributed by atoms with Crippen molar-refractivity contribution in [3.05, 3.63) is 29.6 Å². The van der Waals surface area contributed by atoms with Gasteiger partial charge in [0.15, 0.2) is 0 Å². The molecule has 8 heteroatoms. The molecule has 2 heterocycles. The van der Waals surface area contributed by atoms with E-state index in [1.54, 1.807) is 0 Å². The maximum atomic E-state index is 12.3. The molecule has 5 nitrogen and oxygen atoms in total. The van der Waals surface area contributed by atoms with Crippen LogP contribution in [0.15, 0.2) is 18.3 Å². The number of ether oxygens (including phenoxy) is 1. The second-order valence-electron chi connectivity index (χ2n) is 4.13. The van der Waals surface area contributed by atoms with Crippen LogP contribution in [0.5, 0.6) is 5.75 Å². The van der Waals surface area contributed by atoms with Gasteiger partial charge >= 0.3 is 12.1 Å². The molecule has 0 saturated heterocycles. The van der Waals surface area contributed by atoms with Crippen LogP contribution in [0.4, 0.5) is 13.2 Å². The van der Waals surface area contributed by atoms with Gasteiger partial charge in [-0.15, -0.1) is 0 Å². The summed E-state index contributed by atoms with van der Waals surface area (Å²) in [5.74, 6) is -0.950. The molecule has 0 saturated carbocycles. The van der Waals surface area contributed by atoms with Crippen LogP contribution in [0.1, 0.15) is 22.5 Å². The minimum Gasteiger partial charge on any atom is -0.506 e. The van der Waals surface area contributed by atoms with E-state index < -0.39 is 25.0 Å². The lowest BCUT2D eigenvalue weighted by atomic mass is 10.1. The van der Waals surface area contributed by atoms with Crippen molar-refractivity contribution in [2.45, 2.75) is 19.0 Å². The van der Waals surface area contributed by atoms with Crippen LogP contribution in [0.2, 0.25) is 0 Å². The van der Waals surface area contributed by atoms with Gasteiger partial charge in [-0.3, -0.25) is 0 Å². The zero-order chi connectivity index (χ0) is 14.9. The number of halogens is 3. The van der Waals surface area contributed by atoms with Crippen molar-refractivity contribution >= 4 is 11.5 Å². The number of rotatable bonds is 3. The fraction of sp³-hybridized carbons (Fsp3) is 0.333. The van der Waals surface area contributed by atoms with E-state index in [9.17, 15) is 23.1 Å². The lowest BCUT2D eigenvalue weighted by Gasteiger charge is -2.09. The fourth-order valence-corrected chi connectivity index (χ4v) is 1.86. The van der Waals surface area contributed by atoms with E-state index in [2.05, 4.69) is 9.84 Å². The molecule has 0 radical (unpaired) electrons. The number of aromatic nitrogens is 2. The average Bonchev–Trinajstić information content (AvgIpc) is 2.79. The highest BCUT2D eigenvalue weighted by atomic mass is 19.4. The molecule has 2 aromatic rings. The smallest absolute Gasteiger partial charge is 0.389 e. The standard InChI is InChI=1S/C12H11F3N2O3/c1-20-11(19)7-6-16-17-8(7)2-3-10(18)9(17)4-5-12(13,14)15/h2-3,6,18H,4-5H2,1H3. The summed E-state index contributed by atoms with van der Waals surface area (Å²) in [6.07, 6.45) is -4.67. The number of pyridine rings is 1. The van der Waals surface area contributed by atoms with Gasteiger partial charge < -0.3 is 9.84 Å². The Labute approximate surface area is 111 Å². The van der Waals surface area contributed by atoms with Crippen molar-refractivity contribution < 1.29 is 27.8 Å². The third-order valence-electron chi connectivity index (χ3n) is 2.81. The summed E-state index contributed by atoms with van der Waals surface area (Å²) in [6, 6.07) is 2.63. The van der Waals surface area contributed by atoms with Crippen molar-refractivity contribution in [3.8, 4) is 5.75 Å². The number of methoxy groups -OCH3 is 1. The molecule has 20 heavy (non-hydrogen) atoms. The first kappa shape index (κ1) is 14.2. The Kier molecular flexibility index (Phi) is 3.56. The van der Waals surface area contributed by atoms with Crippen molar-refractivity contribution in [1.29, 1.82) is 0 Å². The van der Waals surface area contributed by atoms with Crippen molar-refractivity contribution in [2.75, 3.05) is 7.11 Å². The normalized spacial score (nSPS) is 11.8. The Morgan fingerprint density at radius 2 is 2.15 bits per heavy atom. The van der Waals surface area contributed by atoms with Gasteiger partial charge in [0.25, 0.3) is 0 Å². The summed E-state index contributed by atoms with van der Waals surface area (Å²) < 4.78 is 42.5. The Bertz CT molecular complexity index is 649. The summed E-state index contributed by atoms with van der Waals surface area (Å²) in [5.41, 5.74) is 0.405. The van der Waals surface area contributed by atoms with E-state index >= 15 is 0 Å². The third kappa shape index (κ3) is 2.68. The number of hydrogen-bond acceptors (Lipinski definition) is 4. The van der Waals surface area contributed by atoms with Gasteiger partial charge in [-0.25, -0.2) is 9.31 Å². The number of nitrogens with zero attached hydrogens (tertiary/aromatic N) is 2. The van der Waals surface area contributed by atoms with E-state index in [1.165, 1.54) is 25.4 Å². The predicted molar refractivity (Wildman–Crippen MR) is 62.6 cm³/mol. The van der Waals surface area contributed by atoms with Gasteiger partial charge in [0.1, 0.15) is 11.3 Å². The molecule has 0 aliphatic carbocycles. The molecule has 2 aromatic heterocycles. The largest absolute Gasteiger partial charge is 0.506 e. The minimum atomic E-state index is -4.34. The number of carbonyl (C=O) groups is 1. The first-order valence-corrected chi connectivity index (χ1v) is 5.67. The Balaban J connectivity index is 2.46.